The molecule has 1 heterocycles. The van der Waals surface area contributed by atoms with Gasteiger partial charge in [-0.15, -0.1) is 0 Å². The first-order valence-corrected chi connectivity index (χ1v) is 9.59. The Bertz CT molecular complexity index is 872. The largest absolute Gasteiger partial charge is 0.495 e. The maximum atomic E-state index is 13.3. The molecule has 2 aromatic rings. The number of para-hydroxylation sites is 1. The van der Waals surface area contributed by atoms with Crippen molar-refractivity contribution in [1.29, 1.82) is 0 Å². The fraction of sp³-hybridized carbons (Fsp3) is 0.368. The fourth-order valence-electron chi connectivity index (χ4n) is 3.34. The van der Waals surface area contributed by atoms with Crippen molar-refractivity contribution in [3.05, 3.63) is 53.1 Å². The van der Waals surface area contributed by atoms with Gasteiger partial charge in [-0.05, 0) is 54.2 Å². The number of nitrogens with zero attached hydrogens (tertiary/aromatic N) is 1. The maximum Gasteiger partial charge on any atom is 0.268 e. The van der Waals surface area contributed by atoms with Crippen LogP contribution in [0, 0.1) is 6.92 Å². The van der Waals surface area contributed by atoms with Crippen LogP contribution in [-0.2, 0) is 16.4 Å². The topological polar surface area (TPSA) is 46.6 Å². The van der Waals surface area contributed by atoms with Crippen LogP contribution in [0.5, 0.6) is 5.75 Å². The highest BCUT2D eigenvalue weighted by atomic mass is 32.2. The van der Waals surface area contributed by atoms with E-state index in [0.29, 0.717) is 12.3 Å². The number of rotatable bonds is 4. The summed E-state index contributed by atoms with van der Waals surface area (Å²) in [6, 6.07) is 11.3. The molecule has 4 nitrogen and oxygen atoms in total. The van der Waals surface area contributed by atoms with Crippen molar-refractivity contribution in [2.45, 2.75) is 38.0 Å². The zero-order chi connectivity index (χ0) is 17.5. The highest BCUT2D eigenvalue weighted by molar-refractivity contribution is 7.93. The lowest BCUT2D eigenvalue weighted by molar-refractivity contribution is 0.402. The van der Waals surface area contributed by atoms with Gasteiger partial charge in [0.2, 0.25) is 0 Å². The van der Waals surface area contributed by atoms with E-state index in [4.69, 9.17) is 4.74 Å². The van der Waals surface area contributed by atoms with E-state index in [9.17, 15) is 8.42 Å². The van der Waals surface area contributed by atoms with E-state index in [1.54, 1.807) is 6.07 Å². The predicted molar refractivity (Wildman–Crippen MR) is 96.5 cm³/mol. The molecule has 0 atom stereocenters. The third-order valence-corrected chi connectivity index (χ3v) is 6.42. The Hall–Kier alpha value is -2.01. The van der Waals surface area contributed by atoms with Crippen LogP contribution in [0.3, 0.4) is 0 Å². The van der Waals surface area contributed by atoms with Crippen LogP contribution < -0.4 is 9.04 Å². The van der Waals surface area contributed by atoms with E-state index >= 15 is 0 Å². The van der Waals surface area contributed by atoms with Crippen molar-refractivity contribution in [3.8, 4) is 5.75 Å². The Morgan fingerprint density at radius 1 is 1.17 bits per heavy atom. The van der Waals surface area contributed by atoms with Crippen molar-refractivity contribution in [3.63, 3.8) is 0 Å². The summed E-state index contributed by atoms with van der Waals surface area (Å²) in [5, 5.41) is 0. The first-order chi connectivity index (χ1) is 11.4. The van der Waals surface area contributed by atoms with Crippen LogP contribution in [0.2, 0.25) is 0 Å². The van der Waals surface area contributed by atoms with E-state index in [2.05, 4.69) is 13.8 Å². The Labute approximate surface area is 144 Å². The summed E-state index contributed by atoms with van der Waals surface area (Å²) in [7, 11) is -2.14. The molecule has 0 radical (unpaired) electrons. The molecule has 0 N–H and O–H groups in total. The summed E-state index contributed by atoms with van der Waals surface area (Å²) >= 11 is 0. The Morgan fingerprint density at radius 2 is 1.88 bits per heavy atom. The smallest absolute Gasteiger partial charge is 0.268 e. The second-order valence-electron chi connectivity index (χ2n) is 6.47. The molecule has 1 aliphatic rings. The minimum Gasteiger partial charge on any atom is -0.495 e. The van der Waals surface area contributed by atoms with Gasteiger partial charge < -0.3 is 4.74 Å². The number of benzene rings is 2. The number of anilines is 1. The molecule has 0 aliphatic carbocycles. The number of sulfonamides is 1. The number of fused-ring (bicyclic) bond motifs is 1. The van der Waals surface area contributed by atoms with E-state index in [0.717, 1.165) is 28.8 Å². The van der Waals surface area contributed by atoms with Crippen LogP contribution in [0.25, 0.3) is 0 Å². The molecular formula is C19H23NO3S. The second-order valence-corrected chi connectivity index (χ2v) is 8.30. The quantitative estimate of drug-likeness (QED) is 0.845. The third-order valence-electron chi connectivity index (χ3n) is 4.59. The monoisotopic (exact) mass is 345 g/mol. The lowest BCUT2D eigenvalue weighted by Crippen LogP contribution is -2.29. The van der Waals surface area contributed by atoms with Gasteiger partial charge in [0.1, 0.15) is 10.6 Å². The van der Waals surface area contributed by atoms with Gasteiger partial charge >= 0.3 is 0 Å². The highest BCUT2D eigenvalue weighted by Gasteiger charge is 2.33. The standard InChI is InChI=1S/C19H23NO3S/c1-13(2)16-12-19(18(23-4)11-14(16)3)24(21,22)20-10-9-15-7-5-6-8-17(15)20/h5-8,11-13H,9-10H2,1-4H3. The molecule has 0 unspecified atom stereocenters. The van der Waals surface area contributed by atoms with Gasteiger partial charge in [0.15, 0.2) is 0 Å². The number of hydrogen-bond donors (Lipinski definition) is 0. The van der Waals surface area contributed by atoms with Crippen molar-refractivity contribution in [2.75, 3.05) is 18.0 Å². The molecule has 0 bridgehead atoms. The Morgan fingerprint density at radius 3 is 2.54 bits per heavy atom. The average molecular weight is 345 g/mol. The van der Waals surface area contributed by atoms with Crippen molar-refractivity contribution >= 4 is 15.7 Å². The van der Waals surface area contributed by atoms with Crippen molar-refractivity contribution in [1.82, 2.24) is 0 Å². The minimum atomic E-state index is -3.66. The number of hydrogen-bond acceptors (Lipinski definition) is 3. The van der Waals surface area contributed by atoms with E-state index in [1.165, 1.54) is 11.4 Å². The molecule has 0 amide bonds. The van der Waals surface area contributed by atoms with E-state index in [1.807, 2.05) is 37.3 Å². The SMILES string of the molecule is COc1cc(C)c(C(C)C)cc1S(=O)(=O)N1CCc2ccccc21. The van der Waals surface area contributed by atoms with Gasteiger partial charge in [0, 0.05) is 6.54 Å². The molecule has 1 aliphatic heterocycles. The summed E-state index contributed by atoms with van der Waals surface area (Å²) in [5.41, 5.74) is 3.91. The summed E-state index contributed by atoms with van der Waals surface area (Å²) in [6.45, 7) is 6.59. The molecule has 2 aromatic carbocycles. The summed E-state index contributed by atoms with van der Waals surface area (Å²) in [4.78, 5) is 0.246. The summed E-state index contributed by atoms with van der Waals surface area (Å²) in [5.74, 6) is 0.650. The first kappa shape index (κ1) is 16.8. The van der Waals surface area contributed by atoms with Gasteiger partial charge in [0.05, 0.1) is 12.8 Å². The van der Waals surface area contributed by atoms with E-state index < -0.39 is 10.0 Å². The highest BCUT2D eigenvalue weighted by Crippen LogP contribution is 2.37. The van der Waals surface area contributed by atoms with Gasteiger partial charge in [-0.1, -0.05) is 32.0 Å². The molecule has 128 valence electrons. The lowest BCUT2D eigenvalue weighted by atomic mass is 9.98. The Kier molecular flexibility index (Phi) is 4.30. The summed E-state index contributed by atoms with van der Waals surface area (Å²) in [6.07, 6.45) is 0.737. The van der Waals surface area contributed by atoms with Crippen LogP contribution in [0.1, 0.15) is 36.5 Å². The molecule has 24 heavy (non-hydrogen) atoms. The van der Waals surface area contributed by atoms with Gasteiger partial charge in [0.25, 0.3) is 10.0 Å². The second kappa shape index (κ2) is 6.13. The minimum absolute atomic E-state index is 0.246. The molecular weight excluding hydrogens is 322 g/mol. The first-order valence-electron chi connectivity index (χ1n) is 8.15. The maximum absolute atomic E-state index is 13.3. The third kappa shape index (κ3) is 2.67. The van der Waals surface area contributed by atoms with Crippen LogP contribution in [0.4, 0.5) is 5.69 Å². The van der Waals surface area contributed by atoms with Gasteiger partial charge in [-0.25, -0.2) is 8.42 Å². The predicted octanol–water partition coefficient (Wildman–Crippen LogP) is 3.88. The fourth-order valence-corrected chi connectivity index (χ4v) is 5.02. The molecule has 0 aromatic heterocycles. The number of ether oxygens (including phenoxy) is 1. The van der Waals surface area contributed by atoms with Crippen LogP contribution >= 0.6 is 0 Å². The molecule has 0 saturated heterocycles. The summed E-state index contributed by atoms with van der Waals surface area (Å²) < 4.78 is 33.5. The zero-order valence-corrected chi connectivity index (χ0v) is 15.4. The normalized spacial score (nSPS) is 14.1. The van der Waals surface area contributed by atoms with Crippen LogP contribution in [0.15, 0.2) is 41.3 Å². The molecule has 0 spiro atoms. The van der Waals surface area contributed by atoms with Gasteiger partial charge in [-0.3, -0.25) is 4.31 Å². The average Bonchev–Trinajstić information content (AvgIpc) is 2.98. The molecule has 5 heteroatoms. The number of methoxy groups -OCH3 is 1. The van der Waals surface area contributed by atoms with Crippen molar-refractivity contribution < 1.29 is 13.2 Å². The molecule has 0 fully saturated rings. The van der Waals surface area contributed by atoms with Gasteiger partial charge in [-0.2, -0.15) is 0 Å². The lowest BCUT2D eigenvalue weighted by Gasteiger charge is -2.22. The molecule has 0 saturated carbocycles. The van der Waals surface area contributed by atoms with Crippen molar-refractivity contribution in [2.24, 2.45) is 0 Å². The number of aryl methyl sites for hydroxylation is 1. The Balaban J connectivity index is 2.16. The van der Waals surface area contributed by atoms with E-state index in [-0.39, 0.29) is 10.8 Å². The van der Waals surface area contributed by atoms with Crippen LogP contribution in [-0.4, -0.2) is 22.1 Å². The molecule has 3 rings (SSSR count). The zero-order valence-electron chi connectivity index (χ0n) is 14.5.